The lowest BCUT2D eigenvalue weighted by Gasteiger charge is -2.22. The standard InChI is InChI=1S/C22H28N2O4/c1-14(2)28-19-7-5-6-17(12-19)15(3)23-22(25)24-16(4)18-8-9-20-21(13-18)27-11-10-26-20/h5-9,12-16H,10-11H2,1-4H3,(H2,23,24,25). The predicted molar refractivity (Wildman–Crippen MR) is 108 cm³/mol. The molecule has 1 aliphatic rings. The highest BCUT2D eigenvalue weighted by Crippen LogP contribution is 2.32. The lowest BCUT2D eigenvalue weighted by molar-refractivity contribution is 0.171. The number of carbonyl (C=O) groups is 1. The van der Waals surface area contributed by atoms with Gasteiger partial charge in [0.2, 0.25) is 0 Å². The summed E-state index contributed by atoms with van der Waals surface area (Å²) in [6.45, 7) is 8.96. The monoisotopic (exact) mass is 384 g/mol. The third-order valence-corrected chi connectivity index (χ3v) is 4.49. The average Bonchev–Trinajstić information content (AvgIpc) is 2.67. The molecule has 2 aromatic rings. The van der Waals surface area contributed by atoms with E-state index in [9.17, 15) is 4.79 Å². The molecule has 2 amide bonds. The molecule has 0 aliphatic carbocycles. The molecule has 1 heterocycles. The molecular formula is C22H28N2O4. The van der Waals surface area contributed by atoms with Crippen molar-refractivity contribution in [3.05, 3.63) is 53.6 Å². The van der Waals surface area contributed by atoms with Crippen LogP contribution in [0.2, 0.25) is 0 Å². The summed E-state index contributed by atoms with van der Waals surface area (Å²) in [5, 5.41) is 5.95. The predicted octanol–water partition coefficient (Wildman–Crippen LogP) is 4.37. The van der Waals surface area contributed by atoms with E-state index in [2.05, 4.69) is 10.6 Å². The number of hydrogen-bond acceptors (Lipinski definition) is 4. The van der Waals surface area contributed by atoms with Crippen LogP contribution in [0, 0.1) is 0 Å². The summed E-state index contributed by atoms with van der Waals surface area (Å²) in [6.07, 6.45) is 0.105. The molecule has 6 heteroatoms. The number of amides is 2. The van der Waals surface area contributed by atoms with Gasteiger partial charge in [-0.3, -0.25) is 0 Å². The molecule has 0 aromatic heterocycles. The van der Waals surface area contributed by atoms with Gasteiger partial charge in [-0.05, 0) is 63.1 Å². The molecule has 28 heavy (non-hydrogen) atoms. The minimum absolute atomic E-state index is 0.105. The summed E-state index contributed by atoms with van der Waals surface area (Å²) in [6, 6.07) is 13.0. The van der Waals surface area contributed by atoms with E-state index in [1.807, 2.05) is 70.2 Å². The number of ether oxygens (including phenoxy) is 3. The van der Waals surface area contributed by atoms with Crippen LogP contribution in [-0.4, -0.2) is 25.3 Å². The summed E-state index contributed by atoms with van der Waals surface area (Å²) in [5.41, 5.74) is 1.94. The molecule has 2 N–H and O–H groups in total. The number of carbonyl (C=O) groups excluding carboxylic acids is 1. The molecule has 0 radical (unpaired) electrons. The normalized spacial score (nSPS) is 14.9. The summed E-state index contributed by atoms with van der Waals surface area (Å²) in [7, 11) is 0. The number of rotatable bonds is 6. The van der Waals surface area contributed by atoms with E-state index in [0.29, 0.717) is 19.0 Å². The van der Waals surface area contributed by atoms with Crippen molar-refractivity contribution in [3.63, 3.8) is 0 Å². The van der Waals surface area contributed by atoms with Gasteiger partial charge in [-0.15, -0.1) is 0 Å². The van der Waals surface area contributed by atoms with Crippen molar-refractivity contribution in [2.45, 2.75) is 45.9 Å². The van der Waals surface area contributed by atoms with Gasteiger partial charge in [-0.1, -0.05) is 18.2 Å². The van der Waals surface area contributed by atoms with Gasteiger partial charge in [0.1, 0.15) is 19.0 Å². The Hall–Kier alpha value is -2.89. The van der Waals surface area contributed by atoms with Crippen molar-refractivity contribution in [2.75, 3.05) is 13.2 Å². The van der Waals surface area contributed by atoms with E-state index in [1.165, 1.54) is 0 Å². The van der Waals surface area contributed by atoms with E-state index in [-0.39, 0.29) is 24.2 Å². The summed E-state index contributed by atoms with van der Waals surface area (Å²) in [5.74, 6) is 2.25. The summed E-state index contributed by atoms with van der Waals surface area (Å²) in [4.78, 5) is 12.5. The van der Waals surface area contributed by atoms with Crippen LogP contribution < -0.4 is 24.8 Å². The van der Waals surface area contributed by atoms with Gasteiger partial charge < -0.3 is 24.8 Å². The minimum atomic E-state index is -0.231. The van der Waals surface area contributed by atoms with Crippen LogP contribution in [0.1, 0.15) is 50.9 Å². The zero-order valence-electron chi connectivity index (χ0n) is 16.8. The molecule has 6 nitrogen and oxygen atoms in total. The third-order valence-electron chi connectivity index (χ3n) is 4.49. The van der Waals surface area contributed by atoms with Gasteiger partial charge in [0.25, 0.3) is 0 Å². The fourth-order valence-electron chi connectivity index (χ4n) is 3.06. The summed E-state index contributed by atoms with van der Waals surface area (Å²) < 4.78 is 16.9. The first kappa shape index (κ1) is 19.9. The van der Waals surface area contributed by atoms with Gasteiger partial charge >= 0.3 is 6.03 Å². The van der Waals surface area contributed by atoms with E-state index in [0.717, 1.165) is 22.6 Å². The molecule has 0 fully saturated rings. The van der Waals surface area contributed by atoms with Crippen molar-refractivity contribution in [1.82, 2.24) is 10.6 Å². The molecule has 1 aliphatic heterocycles. The van der Waals surface area contributed by atoms with E-state index in [1.54, 1.807) is 0 Å². The van der Waals surface area contributed by atoms with Crippen LogP contribution in [0.3, 0.4) is 0 Å². The third kappa shape index (κ3) is 5.09. The lowest BCUT2D eigenvalue weighted by atomic mass is 10.1. The molecule has 2 aromatic carbocycles. The first-order valence-corrected chi connectivity index (χ1v) is 9.65. The van der Waals surface area contributed by atoms with Gasteiger partial charge in [-0.25, -0.2) is 4.79 Å². The maximum Gasteiger partial charge on any atom is 0.315 e. The molecule has 0 spiro atoms. The second-order valence-corrected chi connectivity index (χ2v) is 7.20. The van der Waals surface area contributed by atoms with E-state index >= 15 is 0 Å². The largest absolute Gasteiger partial charge is 0.491 e. The molecule has 150 valence electrons. The van der Waals surface area contributed by atoms with Gasteiger partial charge in [0.05, 0.1) is 18.2 Å². The van der Waals surface area contributed by atoms with Crippen LogP contribution in [0.5, 0.6) is 17.2 Å². The van der Waals surface area contributed by atoms with Crippen molar-refractivity contribution in [1.29, 1.82) is 0 Å². The zero-order chi connectivity index (χ0) is 20.1. The molecular weight excluding hydrogens is 356 g/mol. The van der Waals surface area contributed by atoms with E-state index in [4.69, 9.17) is 14.2 Å². The molecule has 0 saturated heterocycles. The van der Waals surface area contributed by atoms with Crippen LogP contribution in [-0.2, 0) is 0 Å². The zero-order valence-corrected chi connectivity index (χ0v) is 16.8. The Morgan fingerprint density at radius 2 is 1.54 bits per heavy atom. The first-order chi connectivity index (χ1) is 13.4. The van der Waals surface area contributed by atoms with Gasteiger partial charge in [0, 0.05) is 0 Å². The Kier molecular flexibility index (Phi) is 6.29. The molecule has 0 bridgehead atoms. The van der Waals surface area contributed by atoms with Crippen molar-refractivity contribution in [2.24, 2.45) is 0 Å². The van der Waals surface area contributed by atoms with Crippen molar-refractivity contribution in [3.8, 4) is 17.2 Å². The molecule has 3 rings (SSSR count). The second-order valence-electron chi connectivity index (χ2n) is 7.20. The molecule has 2 unspecified atom stereocenters. The number of fused-ring (bicyclic) bond motifs is 1. The van der Waals surface area contributed by atoms with Crippen LogP contribution in [0.25, 0.3) is 0 Å². The smallest absolute Gasteiger partial charge is 0.315 e. The molecule has 0 saturated carbocycles. The Balaban J connectivity index is 1.59. The number of benzene rings is 2. The number of nitrogens with one attached hydrogen (secondary N) is 2. The molecule has 2 atom stereocenters. The number of urea groups is 1. The summed E-state index contributed by atoms with van der Waals surface area (Å²) >= 11 is 0. The average molecular weight is 384 g/mol. The topological polar surface area (TPSA) is 68.8 Å². The lowest BCUT2D eigenvalue weighted by Crippen LogP contribution is -2.38. The Labute approximate surface area is 166 Å². The first-order valence-electron chi connectivity index (χ1n) is 9.65. The maximum atomic E-state index is 12.5. The maximum absolute atomic E-state index is 12.5. The van der Waals surface area contributed by atoms with Crippen LogP contribution in [0.4, 0.5) is 4.79 Å². The van der Waals surface area contributed by atoms with Crippen LogP contribution in [0.15, 0.2) is 42.5 Å². The van der Waals surface area contributed by atoms with Gasteiger partial charge in [-0.2, -0.15) is 0 Å². The van der Waals surface area contributed by atoms with Crippen molar-refractivity contribution >= 4 is 6.03 Å². The van der Waals surface area contributed by atoms with Gasteiger partial charge in [0.15, 0.2) is 11.5 Å². The highest BCUT2D eigenvalue weighted by molar-refractivity contribution is 5.75. The Bertz CT molecular complexity index is 822. The number of hydrogen-bond donors (Lipinski definition) is 2. The quantitative estimate of drug-likeness (QED) is 0.776. The highest BCUT2D eigenvalue weighted by Gasteiger charge is 2.17. The minimum Gasteiger partial charge on any atom is -0.491 e. The SMILES string of the molecule is CC(C)Oc1cccc(C(C)NC(=O)NC(C)c2ccc3c(c2)OCCO3)c1. The fraction of sp³-hybridized carbons (Fsp3) is 0.409. The Morgan fingerprint density at radius 3 is 2.21 bits per heavy atom. The van der Waals surface area contributed by atoms with Crippen molar-refractivity contribution < 1.29 is 19.0 Å². The fourth-order valence-corrected chi connectivity index (χ4v) is 3.06. The second kappa shape index (κ2) is 8.87. The highest BCUT2D eigenvalue weighted by atomic mass is 16.6. The van der Waals surface area contributed by atoms with Crippen LogP contribution >= 0.6 is 0 Å². The van der Waals surface area contributed by atoms with E-state index < -0.39 is 0 Å². The Morgan fingerprint density at radius 1 is 0.893 bits per heavy atom.